The van der Waals surface area contributed by atoms with Gasteiger partial charge in [-0.05, 0) is 30.4 Å². The van der Waals surface area contributed by atoms with Crippen LogP contribution in [0.2, 0.25) is 0 Å². The molecule has 1 aliphatic heterocycles. The Kier molecular flexibility index (Phi) is 4.69. The standard InChI is InChI=1S/C21H20F2N4O3/c1-29-21-20-26-16(18-12-5-6-30-10-13(12)18)9-27(20)8-11(24-21)7-17(28)14-3-2-4-15(25-14)19(22)23/h2-4,8-9,12-13,18-19H,5-7,10H2,1H3. The largest absolute Gasteiger partial charge is 0.478 e. The van der Waals surface area contributed by atoms with Crippen LogP contribution in [-0.4, -0.2) is 45.5 Å². The number of ketones is 1. The molecular weight excluding hydrogens is 394 g/mol. The highest BCUT2D eigenvalue weighted by Crippen LogP contribution is 2.57. The highest BCUT2D eigenvalue weighted by molar-refractivity contribution is 5.95. The lowest BCUT2D eigenvalue weighted by Gasteiger charge is -2.07. The maximum Gasteiger partial charge on any atom is 0.280 e. The van der Waals surface area contributed by atoms with E-state index in [1.165, 1.54) is 25.3 Å². The van der Waals surface area contributed by atoms with Crippen LogP contribution in [0, 0.1) is 11.8 Å². The second kappa shape index (κ2) is 7.39. The molecule has 30 heavy (non-hydrogen) atoms. The molecule has 2 aliphatic rings. The molecule has 0 aromatic carbocycles. The van der Waals surface area contributed by atoms with Gasteiger partial charge in [0.05, 0.1) is 31.5 Å². The summed E-state index contributed by atoms with van der Waals surface area (Å²) >= 11 is 0. The Morgan fingerprint density at radius 1 is 1.27 bits per heavy atom. The van der Waals surface area contributed by atoms with E-state index in [2.05, 4.69) is 9.97 Å². The van der Waals surface area contributed by atoms with E-state index in [-0.39, 0.29) is 12.1 Å². The molecule has 0 amide bonds. The van der Waals surface area contributed by atoms with Gasteiger partial charge >= 0.3 is 0 Å². The Balaban J connectivity index is 1.42. The maximum atomic E-state index is 12.9. The first-order valence-electron chi connectivity index (χ1n) is 9.83. The topological polar surface area (TPSA) is 78.6 Å². The lowest BCUT2D eigenvalue weighted by molar-refractivity contribution is 0.0887. The van der Waals surface area contributed by atoms with Gasteiger partial charge in [-0.25, -0.2) is 23.7 Å². The highest BCUT2D eigenvalue weighted by Gasteiger charge is 2.53. The molecule has 5 rings (SSSR count). The number of ether oxygens (including phenoxy) is 2. The van der Waals surface area contributed by atoms with Crippen LogP contribution in [0.25, 0.3) is 5.65 Å². The first-order valence-corrected chi connectivity index (χ1v) is 9.83. The molecular formula is C21H20F2N4O3. The number of carbonyl (C=O) groups is 1. The van der Waals surface area contributed by atoms with Crippen molar-refractivity contribution in [2.75, 3.05) is 20.3 Å². The predicted molar refractivity (Wildman–Crippen MR) is 102 cm³/mol. The number of nitrogens with zero attached hydrogens (tertiary/aromatic N) is 4. The molecule has 0 spiro atoms. The molecule has 0 bridgehead atoms. The number of aromatic nitrogens is 4. The zero-order chi connectivity index (χ0) is 20.8. The van der Waals surface area contributed by atoms with Gasteiger partial charge in [-0.3, -0.25) is 4.79 Å². The molecule has 0 radical (unpaired) electrons. The fourth-order valence-corrected chi connectivity index (χ4v) is 4.35. The minimum Gasteiger partial charge on any atom is -0.478 e. The molecule has 1 saturated heterocycles. The fraction of sp³-hybridized carbons (Fsp3) is 0.429. The van der Waals surface area contributed by atoms with Gasteiger partial charge in [-0.1, -0.05) is 6.07 Å². The Hall–Kier alpha value is -2.94. The van der Waals surface area contributed by atoms with E-state index in [1.54, 1.807) is 6.20 Å². The van der Waals surface area contributed by atoms with Gasteiger partial charge in [-0.2, -0.15) is 0 Å². The molecule has 7 nitrogen and oxygen atoms in total. The van der Waals surface area contributed by atoms with Gasteiger partial charge in [-0.15, -0.1) is 0 Å². The van der Waals surface area contributed by atoms with Crippen molar-refractivity contribution >= 4 is 11.4 Å². The van der Waals surface area contributed by atoms with Crippen molar-refractivity contribution in [2.45, 2.75) is 25.2 Å². The number of rotatable bonds is 6. The number of alkyl halides is 2. The van der Waals surface area contributed by atoms with Gasteiger partial charge in [0.25, 0.3) is 12.3 Å². The zero-order valence-electron chi connectivity index (χ0n) is 16.3. The third-order valence-electron chi connectivity index (χ3n) is 5.87. The van der Waals surface area contributed by atoms with Crippen LogP contribution in [0.1, 0.15) is 46.3 Å². The number of imidazole rings is 1. The van der Waals surface area contributed by atoms with Crippen LogP contribution in [0.5, 0.6) is 5.88 Å². The lowest BCUT2D eigenvalue weighted by atomic mass is 10.1. The Morgan fingerprint density at radius 2 is 2.13 bits per heavy atom. The molecule has 0 N–H and O–H groups in total. The Morgan fingerprint density at radius 3 is 2.87 bits per heavy atom. The minimum absolute atomic E-state index is 0.0120. The molecule has 3 atom stereocenters. The quantitative estimate of drug-likeness (QED) is 0.576. The number of hydrogen-bond acceptors (Lipinski definition) is 6. The molecule has 1 saturated carbocycles. The van der Waals surface area contributed by atoms with Crippen molar-refractivity contribution in [3.8, 4) is 5.88 Å². The van der Waals surface area contributed by atoms with Crippen molar-refractivity contribution in [1.82, 2.24) is 19.4 Å². The molecule has 156 valence electrons. The number of carbonyl (C=O) groups excluding carboxylic acids is 1. The summed E-state index contributed by atoms with van der Waals surface area (Å²) in [6.07, 6.45) is 1.91. The minimum atomic E-state index is -2.73. The van der Waals surface area contributed by atoms with E-state index >= 15 is 0 Å². The van der Waals surface area contributed by atoms with E-state index in [1.807, 2.05) is 10.6 Å². The zero-order valence-corrected chi connectivity index (χ0v) is 16.3. The molecule has 4 heterocycles. The van der Waals surface area contributed by atoms with E-state index in [4.69, 9.17) is 14.5 Å². The van der Waals surface area contributed by atoms with Gasteiger partial charge in [0, 0.05) is 24.9 Å². The fourth-order valence-electron chi connectivity index (χ4n) is 4.35. The maximum absolute atomic E-state index is 12.9. The number of fused-ring (bicyclic) bond motifs is 2. The van der Waals surface area contributed by atoms with E-state index in [0.29, 0.717) is 35.0 Å². The third kappa shape index (κ3) is 3.32. The number of methoxy groups -OCH3 is 1. The van der Waals surface area contributed by atoms with Crippen LogP contribution < -0.4 is 4.74 Å². The summed E-state index contributed by atoms with van der Waals surface area (Å²) in [5.74, 6) is 1.43. The molecule has 3 unspecified atom stereocenters. The number of Topliss-reactive ketones (excluding diaryl/α,β-unsaturated/α-hetero) is 1. The van der Waals surface area contributed by atoms with Crippen molar-refractivity contribution in [3.63, 3.8) is 0 Å². The average molecular weight is 414 g/mol. The van der Waals surface area contributed by atoms with E-state index < -0.39 is 17.9 Å². The summed E-state index contributed by atoms with van der Waals surface area (Å²) in [4.78, 5) is 25.5. The van der Waals surface area contributed by atoms with Crippen LogP contribution in [0.3, 0.4) is 0 Å². The number of pyridine rings is 1. The summed E-state index contributed by atoms with van der Waals surface area (Å²) in [7, 11) is 1.50. The van der Waals surface area contributed by atoms with Crippen LogP contribution in [-0.2, 0) is 11.2 Å². The smallest absolute Gasteiger partial charge is 0.280 e. The molecule has 9 heteroatoms. The molecule has 1 aliphatic carbocycles. The van der Waals surface area contributed by atoms with Crippen LogP contribution in [0.15, 0.2) is 30.6 Å². The Bertz CT molecular complexity index is 1100. The Labute approximate surface area is 171 Å². The van der Waals surface area contributed by atoms with Crippen molar-refractivity contribution in [2.24, 2.45) is 11.8 Å². The normalized spacial score (nSPS) is 22.9. The monoisotopic (exact) mass is 414 g/mol. The molecule has 3 aromatic heterocycles. The van der Waals surface area contributed by atoms with Gasteiger partial charge in [0.2, 0.25) is 5.65 Å². The van der Waals surface area contributed by atoms with Gasteiger partial charge in [0.15, 0.2) is 5.78 Å². The highest BCUT2D eigenvalue weighted by atomic mass is 19.3. The van der Waals surface area contributed by atoms with Crippen LogP contribution >= 0.6 is 0 Å². The summed E-state index contributed by atoms with van der Waals surface area (Å²) in [6.45, 7) is 1.56. The van der Waals surface area contributed by atoms with E-state index in [9.17, 15) is 13.6 Å². The van der Waals surface area contributed by atoms with Crippen molar-refractivity contribution < 1.29 is 23.0 Å². The summed E-state index contributed by atoms with van der Waals surface area (Å²) in [5, 5.41) is 0. The first-order chi connectivity index (χ1) is 14.5. The van der Waals surface area contributed by atoms with Crippen molar-refractivity contribution in [3.05, 3.63) is 53.4 Å². The number of halogens is 2. The van der Waals surface area contributed by atoms with E-state index in [0.717, 1.165) is 25.3 Å². The predicted octanol–water partition coefficient (Wildman–Crippen LogP) is 3.25. The van der Waals surface area contributed by atoms with Gasteiger partial charge < -0.3 is 13.9 Å². The number of hydrogen-bond donors (Lipinski definition) is 0. The SMILES string of the molecule is COc1nc(CC(=O)c2cccc(C(F)F)n2)cn2cc(C3C4CCOCC43)nc12. The second-order valence-corrected chi connectivity index (χ2v) is 7.70. The third-order valence-corrected chi connectivity index (χ3v) is 5.87. The summed E-state index contributed by atoms with van der Waals surface area (Å²) in [6, 6.07) is 4.03. The molecule has 3 aromatic rings. The van der Waals surface area contributed by atoms with Crippen molar-refractivity contribution in [1.29, 1.82) is 0 Å². The second-order valence-electron chi connectivity index (χ2n) is 7.70. The lowest BCUT2D eigenvalue weighted by Crippen LogP contribution is -2.10. The summed E-state index contributed by atoms with van der Waals surface area (Å²) < 4.78 is 38.5. The van der Waals surface area contributed by atoms with Gasteiger partial charge in [0.1, 0.15) is 11.4 Å². The molecule has 2 fully saturated rings. The van der Waals surface area contributed by atoms with Crippen LogP contribution in [0.4, 0.5) is 8.78 Å². The summed E-state index contributed by atoms with van der Waals surface area (Å²) in [5.41, 5.74) is 1.59. The first kappa shape index (κ1) is 19.0. The average Bonchev–Trinajstić information content (AvgIpc) is 3.34.